The Morgan fingerprint density at radius 3 is 3.00 bits per heavy atom. The summed E-state index contributed by atoms with van der Waals surface area (Å²) in [5.74, 6) is 1.96. The largest absolute Gasteiger partial charge is 0.472 e. The van der Waals surface area contributed by atoms with E-state index in [2.05, 4.69) is 9.97 Å². The van der Waals surface area contributed by atoms with Gasteiger partial charge in [-0.3, -0.25) is 4.79 Å². The Balaban J connectivity index is 1.64. The van der Waals surface area contributed by atoms with Crippen LogP contribution in [0.3, 0.4) is 0 Å². The number of carbonyl (C=O) groups is 1. The molecule has 0 bridgehead atoms. The van der Waals surface area contributed by atoms with Crippen LogP contribution >= 0.6 is 0 Å². The maximum Gasteiger partial charge on any atom is 0.257 e. The highest BCUT2D eigenvalue weighted by Crippen LogP contribution is 2.21. The second kappa shape index (κ2) is 5.55. The second-order valence-electron chi connectivity index (χ2n) is 5.15. The predicted molar refractivity (Wildman–Crippen MR) is 75.2 cm³/mol. The zero-order chi connectivity index (χ0) is 14.8. The van der Waals surface area contributed by atoms with Crippen molar-refractivity contribution in [1.82, 2.24) is 14.9 Å². The van der Waals surface area contributed by atoms with Crippen molar-refractivity contribution < 1.29 is 13.9 Å². The minimum Gasteiger partial charge on any atom is -0.472 e. The number of nitrogens with zero attached hydrogens (tertiary/aromatic N) is 3. The number of hydrogen-bond donors (Lipinski definition) is 0. The summed E-state index contributed by atoms with van der Waals surface area (Å²) in [6.07, 6.45) is 3.85. The van der Waals surface area contributed by atoms with Gasteiger partial charge < -0.3 is 14.1 Å². The quantitative estimate of drug-likeness (QED) is 0.863. The number of carbonyl (C=O) groups excluding carboxylic acids is 1. The summed E-state index contributed by atoms with van der Waals surface area (Å²) in [7, 11) is 0. The first kappa shape index (κ1) is 13.6. The fourth-order valence-electron chi connectivity index (χ4n) is 2.54. The van der Waals surface area contributed by atoms with Gasteiger partial charge in [-0.05, 0) is 19.9 Å². The maximum absolute atomic E-state index is 12.5. The highest BCUT2D eigenvalue weighted by atomic mass is 16.5. The van der Waals surface area contributed by atoms with E-state index in [9.17, 15) is 4.79 Å². The molecule has 0 radical (unpaired) electrons. The fraction of sp³-hybridized carbons (Fsp3) is 0.400. The molecule has 6 nitrogen and oxygen atoms in total. The molecule has 3 heterocycles. The van der Waals surface area contributed by atoms with E-state index in [4.69, 9.17) is 9.15 Å². The molecule has 0 aromatic carbocycles. The first-order chi connectivity index (χ1) is 10.1. The van der Waals surface area contributed by atoms with Gasteiger partial charge in [0.2, 0.25) is 5.88 Å². The molecule has 0 spiro atoms. The number of furan rings is 1. The van der Waals surface area contributed by atoms with Crippen molar-refractivity contribution in [1.29, 1.82) is 0 Å². The summed E-state index contributed by atoms with van der Waals surface area (Å²) >= 11 is 0. The molecule has 0 saturated carbocycles. The summed E-state index contributed by atoms with van der Waals surface area (Å²) in [6.45, 7) is 4.89. The van der Waals surface area contributed by atoms with Gasteiger partial charge in [0.25, 0.3) is 5.91 Å². The first-order valence-corrected chi connectivity index (χ1v) is 6.92. The van der Waals surface area contributed by atoms with Crippen LogP contribution in [0.5, 0.6) is 5.88 Å². The molecule has 0 aliphatic carbocycles. The predicted octanol–water partition coefficient (Wildman–Crippen LogP) is 1.98. The summed E-state index contributed by atoms with van der Waals surface area (Å²) in [4.78, 5) is 22.1. The SMILES string of the molecule is Cc1cc(C(=O)N2CCC(Oc3ccncn3)C2)c(C)o1. The molecule has 110 valence electrons. The molecule has 1 saturated heterocycles. The van der Waals surface area contributed by atoms with Gasteiger partial charge in [-0.25, -0.2) is 9.97 Å². The van der Waals surface area contributed by atoms with Gasteiger partial charge in [-0.2, -0.15) is 0 Å². The van der Waals surface area contributed by atoms with E-state index in [1.54, 1.807) is 23.2 Å². The van der Waals surface area contributed by atoms with Crippen molar-refractivity contribution in [2.24, 2.45) is 0 Å². The normalized spacial score (nSPS) is 18.0. The number of amides is 1. The summed E-state index contributed by atoms with van der Waals surface area (Å²) in [6, 6.07) is 3.50. The minimum absolute atomic E-state index is 0.00172. The lowest BCUT2D eigenvalue weighted by atomic mass is 10.2. The van der Waals surface area contributed by atoms with E-state index in [0.717, 1.165) is 12.2 Å². The Morgan fingerprint density at radius 1 is 1.48 bits per heavy atom. The summed E-state index contributed by atoms with van der Waals surface area (Å²) < 4.78 is 11.2. The monoisotopic (exact) mass is 287 g/mol. The highest BCUT2D eigenvalue weighted by Gasteiger charge is 2.30. The zero-order valence-electron chi connectivity index (χ0n) is 12.1. The smallest absolute Gasteiger partial charge is 0.257 e. The summed E-state index contributed by atoms with van der Waals surface area (Å²) in [5, 5.41) is 0. The van der Waals surface area contributed by atoms with Crippen LogP contribution in [-0.2, 0) is 0 Å². The van der Waals surface area contributed by atoms with Crippen LogP contribution in [0.15, 0.2) is 29.1 Å². The van der Waals surface area contributed by atoms with Crippen LogP contribution in [0.1, 0.15) is 28.3 Å². The van der Waals surface area contributed by atoms with Gasteiger partial charge in [0, 0.05) is 25.2 Å². The molecule has 6 heteroatoms. The van der Waals surface area contributed by atoms with Crippen molar-refractivity contribution in [2.75, 3.05) is 13.1 Å². The Labute approximate surface area is 122 Å². The molecule has 1 amide bonds. The summed E-state index contributed by atoms with van der Waals surface area (Å²) in [5.41, 5.74) is 0.634. The van der Waals surface area contributed by atoms with Gasteiger partial charge >= 0.3 is 0 Å². The van der Waals surface area contributed by atoms with Gasteiger partial charge in [-0.15, -0.1) is 0 Å². The van der Waals surface area contributed by atoms with Gasteiger partial charge in [0.15, 0.2) is 0 Å². The van der Waals surface area contributed by atoms with E-state index in [1.165, 1.54) is 6.33 Å². The van der Waals surface area contributed by atoms with E-state index in [0.29, 0.717) is 30.3 Å². The van der Waals surface area contributed by atoms with Gasteiger partial charge in [0.1, 0.15) is 24.0 Å². The Morgan fingerprint density at radius 2 is 2.33 bits per heavy atom. The van der Waals surface area contributed by atoms with Gasteiger partial charge in [0.05, 0.1) is 12.1 Å². The molecule has 3 rings (SSSR count). The van der Waals surface area contributed by atoms with E-state index in [1.807, 2.05) is 13.8 Å². The van der Waals surface area contributed by atoms with E-state index >= 15 is 0 Å². The van der Waals surface area contributed by atoms with E-state index in [-0.39, 0.29) is 12.0 Å². The number of aryl methyl sites for hydroxylation is 2. The lowest BCUT2D eigenvalue weighted by molar-refractivity contribution is 0.0769. The van der Waals surface area contributed by atoms with Crippen LogP contribution in [0, 0.1) is 13.8 Å². The van der Waals surface area contributed by atoms with Crippen LogP contribution in [0.2, 0.25) is 0 Å². The van der Waals surface area contributed by atoms with Crippen molar-refractivity contribution in [3.63, 3.8) is 0 Å². The van der Waals surface area contributed by atoms with Crippen LogP contribution < -0.4 is 4.74 Å². The number of likely N-dealkylation sites (tertiary alicyclic amines) is 1. The van der Waals surface area contributed by atoms with Crippen molar-refractivity contribution in [3.05, 3.63) is 41.7 Å². The molecule has 0 N–H and O–H groups in total. The molecule has 21 heavy (non-hydrogen) atoms. The molecule has 1 unspecified atom stereocenters. The standard InChI is InChI=1S/C15H17N3O3/c1-10-7-13(11(2)20-10)15(19)18-6-4-12(8-18)21-14-3-5-16-9-17-14/h3,5,7,9,12H,4,6,8H2,1-2H3. The fourth-order valence-corrected chi connectivity index (χ4v) is 2.54. The number of ether oxygens (including phenoxy) is 1. The van der Waals surface area contributed by atoms with Crippen molar-refractivity contribution in [3.8, 4) is 5.88 Å². The molecule has 1 atom stereocenters. The Bertz CT molecular complexity index is 639. The minimum atomic E-state index is -0.0304. The Hall–Kier alpha value is -2.37. The third kappa shape index (κ3) is 2.89. The molecule has 2 aromatic heterocycles. The lowest BCUT2D eigenvalue weighted by Gasteiger charge is -2.16. The van der Waals surface area contributed by atoms with Crippen LogP contribution in [-0.4, -0.2) is 40.0 Å². The second-order valence-corrected chi connectivity index (χ2v) is 5.15. The first-order valence-electron chi connectivity index (χ1n) is 6.92. The highest BCUT2D eigenvalue weighted by molar-refractivity contribution is 5.95. The van der Waals surface area contributed by atoms with E-state index < -0.39 is 0 Å². The zero-order valence-corrected chi connectivity index (χ0v) is 12.1. The Kier molecular flexibility index (Phi) is 3.60. The molecular formula is C15H17N3O3. The number of rotatable bonds is 3. The van der Waals surface area contributed by atoms with Crippen molar-refractivity contribution in [2.45, 2.75) is 26.4 Å². The van der Waals surface area contributed by atoms with Crippen molar-refractivity contribution >= 4 is 5.91 Å². The number of aromatic nitrogens is 2. The van der Waals surface area contributed by atoms with Crippen LogP contribution in [0.4, 0.5) is 0 Å². The molecule has 1 fully saturated rings. The van der Waals surface area contributed by atoms with Gasteiger partial charge in [-0.1, -0.05) is 0 Å². The third-order valence-electron chi connectivity index (χ3n) is 3.55. The lowest BCUT2D eigenvalue weighted by Crippen LogP contribution is -2.31. The molecule has 1 aliphatic rings. The molecule has 2 aromatic rings. The molecular weight excluding hydrogens is 270 g/mol. The van der Waals surface area contributed by atoms with Crippen LogP contribution in [0.25, 0.3) is 0 Å². The average Bonchev–Trinajstić information content (AvgIpc) is 3.06. The average molecular weight is 287 g/mol. The third-order valence-corrected chi connectivity index (χ3v) is 3.55. The number of hydrogen-bond acceptors (Lipinski definition) is 5. The maximum atomic E-state index is 12.5. The topological polar surface area (TPSA) is 68.5 Å². The molecule has 1 aliphatic heterocycles.